The van der Waals surface area contributed by atoms with Crippen molar-refractivity contribution in [2.45, 2.75) is 64.5 Å². The van der Waals surface area contributed by atoms with E-state index in [0.29, 0.717) is 5.69 Å². The molecule has 0 aliphatic heterocycles. The van der Waals surface area contributed by atoms with Gasteiger partial charge >= 0.3 is 0 Å². The van der Waals surface area contributed by atoms with Gasteiger partial charge in [-0.15, -0.1) is 0 Å². The minimum atomic E-state index is -0.427. The van der Waals surface area contributed by atoms with E-state index in [1.807, 2.05) is 10.9 Å². The smallest absolute Gasteiger partial charge is 0.269 e. The van der Waals surface area contributed by atoms with E-state index in [9.17, 15) is 4.79 Å². The van der Waals surface area contributed by atoms with Gasteiger partial charge in [-0.2, -0.15) is 22.8 Å². The summed E-state index contributed by atoms with van der Waals surface area (Å²) in [7, 11) is 0. The average Bonchev–Trinajstić information content (AvgIpc) is 3.23. The van der Waals surface area contributed by atoms with Gasteiger partial charge in [-0.3, -0.25) is 14.2 Å². The molecule has 1 saturated carbocycles. The van der Waals surface area contributed by atoms with E-state index < -0.39 is 5.91 Å². The van der Waals surface area contributed by atoms with Gasteiger partial charge in [-0.05, 0) is 50.2 Å². The predicted octanol–water partition coefficient (Wildman–Crippen LogP) is 2.84. The molecule has 0 spiro atoms. The van der Waals surface area contributed by atoms with Crippen molar-refractivity contribution in [3.05, 3.63) is 23.1 Å². The van der Waals surface area contributed by atoms with Crippen molar-refractivity contribution < 1.29 is 4.79 Å². The Morgan fingerprint density at radius 2 is 2.00 bits per heavy atom. The second-order valence-corrected chi connectivity index (χ2v) is 7.98. The molecule has 2 heterocycles. The van der Waals surface area contributed by atoms with E-state index in [1.54, 1.807) is 0 Å². The summed E-state index contributed by atoms with van der Waals surface area (Å²) in [5.74, 6) is 1.30. The monoisotopic (exact) mass is 373 g/mol. The Hall–Kier alpha value is -1.76. The fourth-order valence-corrected chi connectivity index (χ4v) is 4.17. The Labute approximate surface area is 159 Å². The average molecular weight is 374 g/mol. The van der Waals surface area contributed by atoms with Gasteiger partial charge < -0.3 is 5.73 Å². The van der Waals surface area contributed by atoms with E-state index in [1.165, 1.54) is 25.0 Å². The lowest BCUT2D eigenvalue weighted by molar-refractivity contribution is 0.0994. The van der Waals surface area contributed by atoms with Crippen LogP contribution in [0.4, 0.5) is 0 Å². The zero-order valence-corrected chi connectivity index (χ0v) is 16.0. The molecule has 1 fully saturated rings. The molecule has 0 radical (unpaired) electrons. The Bertz CT molecular complexity index is 805. The van der Waals surface area contributed by atoms with Gasteiger partial charge in [0.15, 0.2) is 5.69 Å². The minimum Gasteiger partial charge on any atom is -0.364 e. The quantitative estimate of drug-likeness (QED) is 0.524. The van der Waals surface area contributed by atoms with Crippen LogP contribution in [0.25, 0.3) is 11.3 Å². The van der Waals surface area contributed by atoms with Gasteiger partial charge in [0.05, 0.1) is 11.9 Å². The van der Waals surface area contributed by atoms with E-state index in [2.05, 4.69) is 27.5 Å². The number of thiol groups is 1. The number of nitrogens with zero attached hydrogens (tertiary/aromatic N) is 4. The molecule has 1 amide bonds. The fraction of sp³-hybridized carbons (Fsp3) is 0.632. The number of amides is 1. The van der Waals surface area contributed by atoms with Crippen LogP contribution in [0.3, 0.4) is 0 Å². The minimum absolute atomic E-state index is 0.427. The van der Waals surface area contributed by atoms with Crippen LogP contribution in [-0.2, 0) is 25.9 Å². The number of fused-ring (bicyclic) bond motifs is 3. The third-order valence-corrected chi connectivity index (χ3v) is 5.82. The van der Waals surface area contributed by atoms with Crippen LogP contribution in [0, 0.1) is 5.92 Å². The van der Waals surface area contributed by atoms with Gasteiger partial charge in [-0.1, -0.05) is 12.8 Å². The number of nitrogens with two attached hydrogens (primary N) is 1. The second kappa shape index (κ2) is 7.47. The number of hydrogen-bond donors (Lipinski definition) is 2. The largest absolute Gasteiger partial charge is 0.364 e. The lowest BCUT2D eigenvalue weighted by Crippen LogP contribution is -2.16. The van der Waals surface area contributed by atoms with E-state index in [0.717, 1.165) is 73.7 Å². The number of carbonyl (C=O) groups is 1. The third kappa shape index (κ3) is 3.41. The van der Waals surface area contributed by atoms with Crippen molar-refractivity contribution in [1.82, 2.24) is 19.6 Å². The normalized spacial score (nSPS) is 15.7. The first-order valence-electron chi connectivity index (χ1n) is 9.74. The highest BCUT2D eigenvalue weighted by molar-refractivity contribution is 7.80. The molecule has 2 aliphatic rings. The van der Waals surface area contributed by atoms with E-state index in [4.69, 9.17) is 5.73 Å². The molecular formula is C19H27N5OS. The molecule has 0 atom stereocenters. The number of aromatic nitrogens is 4. The molecular weight excluding hydrogens is 346 g/mol. The molecule has 2 aromatic rings. The van der Waals surface area contributed by atoms with Crippen LogP contribution in [-0.4, -0.2) is 31.2 Å². The predicted molar refractivity (Wildman–Crippen MR) is 104 cm³/mol. The zero-order valence-electron chi connectivity index (χ0n) is 15.2. The maximum atomic E-state index is 11.9. The molecule has 2 aromatic heterocycles. The molecule has 2 aliphatic carbocycles. The van der Waals surface area contributed by atoms with Gasteiger partial charge in [-0.25, -0.2) is 0 Å². The molecule has 140 valence electrons. The molecule has 0 bridgehead atoms. The van der Waals surface area contributed by atoms with Crippen molar-refractivity contribution in [2.75, 3.05) is 5.75 Å². The van der Waals surface area contributed by atoms with Crippen LogP contribution in [0.2, 0.25) is 0 Å². The van der Waals surface area contributed by atoms with Crippen LogP contribution >= 0.6 is 12.6 Å². The van der Waals surface area contributed by atoms with Crippen molar-refractivity contribution in [1.29, 1.82) is 0 Å². The maximum Gasteiger partial charge on any atom is 0.269 e. The van der Waals surface area contributed by atoms with Gasteiger partial charge in [0.1, 0.15) is 0 Å². The Balaban J connectivity index is 1.62. The van der Waals surface area contributed by atoms with Crippen LogP contribution in [0.15, 0.2) is 6.20 Å². The van der Waals surface area contributed by atoms with Crippen molar-refractivity contribution >= 4 is 18.5 Å². The highest BCUT2D eigenvalue weighted by Crippen LogP contribution is 2.37. The van der Waals surface area contributed by atoms with Gasteiger partial charge in [0.2, 0.25) is 0 Å². The third-order valence-electron chi connectivity index (χ3n) is 5.51. The summed E-state index contributed by atoms with van der Waals surface area (Å²) in [6.45, 7) is 1.83. The Morgan fingerprint density at radius 3 is 2.73 bits per heavy atom. The molecule has 6 nitrogen and oxygen atoms in total. The van der Waals surface area contributed by atoms with Crippen LogP contribution in [0.5, 0.6) is 0 Å². The summed E-state index contributed by atoms with van der Waals surface area (Å²) in [5, 5.41) is 9.22. The first-order valence-corrected chi connectivity index (χ1v) is 10.4. The van der Waals surface area contributed by atoms with Crippen molar-refractivity contribution in [3.8, 4) is 11.3 Å². The summed E-state index contributed by atoms with van der Waals surface area (Å²) in [4.78, 5) is 11.9. The van der Waals surface area contributed by atoms with Crippen molar-refractivity contribution in [2.24, 2.45) is 11.7 Å². The van der Waals surface area contributed by atoms with E-state index >= 15 is 0 Å². The molecule has 26 heavy (non-hydrogen) atoms. The molecule has 7 heteroatoms. The molecule has 0 aromatic carbocycles. The summed E-state index contributed by atoms with van der Waals surface area (Å²) in [5.41, 5.74) is 10.5. The SMILES string of the molecule is NC(=O)c1nn(CCCCCCS)c2c1CCc1c-2cnn1CC1CC1. The fourth-order valence-electron chi connectivity index (χ4n) is 3.94. The van der Waals surface area contributed by atoms with E-state index in [-0.39, 0.29) is 0 Å². The number of hydrogen-bond acceptors (Lipinski definition) is 4. The molecule has 2 N–H and O–H groups in total. The number of primary amides is 1. The van der Waals surface area contributed by atoms with Gasteiger partial charge in [0, 0.05) is 29.9 Å². The maximum absolute atomic E-state index is 11.9. The second-order valence-electron chi connectivity index (χ2n) is 7.53. The number of aryl methyl sites for hydroxylation is 1. The molecule has 0 unspecified atom stereocenters. The highest BCUT2D eigenvalue weighted by Gasteiger charge is 2.31. The molecule has 0 saturated heterocycles. The summed E-state index contributed by atoms with van der Waals surface area (Å²) < 4.78 is 4.17. The Morgan fingerprint density at radius 1 is 1.19 bits per heavy atom. The summed E-state index contributed by atoms with van der Waals surface area (Å²) >= 11 is 4.27. The summed E-state index contributed by atoms with van der Waals surface area (Å²) in [6, 6.07) is 0. The first-order chi connectivity index (χ1) is 12.7. The number of rotatable bonds is 9. The Kier molecular flexibility index (Phi) is 5.07. The lowest BCUT2D eigenvalue weighted by atomic mass is 9.93. The number of carbonyl (C=O) groups excluding carboxylic acids is 1. The topological polar surface area (TPSA) is 78.7 Å². The van der Waals surface area contributed by atoms with Gasteiger partial charge in [0.25, 0.3) is 5.91 Å². The van der Waals surface area contributed by atoms with Crippen molar-refractivity contribution in [3.63, 3.8) is 0 Å². The number of unbranched alkanes of at least 4 members (excludes halogenated alkanes) is 3. The standard InChI is InChI=1S/C19H27N5OS/c20-19(25)17-14-7-8-16-15(11-21-24(16)12-13-5-6-13)18(14)23(22-17)9-3-1-2-4-10-26/h11,13,26H,1-10,12H2,(H2,20,25). The summed E-state index contributed by atoms with van der Waals surface area (Å²) in [6.07, 6.45) is 10.8. The first kappa shape index (κ1) is 17.6. The lowest BCUT2D eigenvalue weighted by Gasteiger charge is -2.17. The van der Waals surface area contributed by atoms with Crippen LogP contribution in [0.1, 0.15) is 60.3 Å². The van der Waals surface area contributed by atoms with Crippen LogP contribution < -0.4 is 5.73 Å². The molecule has 4 rings (SSSR count). The zero-order chi connectivity index (χ0) is 18.1. The highest BCUT2D eigenvalue weighted by atomic mass is 32.1.